The zero-order valence-electron chi connectivity index (χ0n) is 8.74. The fourth-order valence-corrected chi connectivity index (χ4v) is 1.51. The molecule has 2 N–H and O–H groups in total. The van der Waals surface area contributed by atoms with Gasteiger partial charge in [-0.25, -0.2) is 0 Å². The largest absolute Gasteiger partial charge is 0.383 e. The van der Waals surface area contributed by atoms with E-state index in [0.29, 0.717) is 17.3 Å². The van der Waals surface area contributed by atoms with E-state index in [1.165, 1.54) is 18.0 Å². The van der Waals surface area contributed by atoms with Crippen molar-refractivity contribution >= 4 is 17.4 Å². The number of aryl methyl sites for hydroxylation is 1. The van der Waals surface area contributed by atoms with Crippen LogP contribution in [0.15, 0.2) is 6.20 Å². The zero-order chi connectivity index (χ0) is 11.4. The van der Waals surface area contributed by atoms with Crippen LogP contribution in [0, 0.1) is 0 Å². The van der Waals surface area contributed by atoms with Crippen molar-refractivity contribution in [1.82, 2.24) is 9.78 Å². The van der Waals surface area contributed by atoms with Gasteiger partial charge in [-0.3, -0.25) is 9.48 Å². The number of hydrogen-bond donors (Lipinski definition) is 1. The van der Waals surface area contributed by atoms with Crippen molar-refractivity contribution in [3.05, 3.63) is 16.9 Å². The normalized spacial score (nSPS) is 12.8. The van der Waals surface area contributed by atoms with E-state index in [1.807, 2.05) is 6.92 Å². The number of carbonyl (C=O) groups is 1. The summed E-state index contributed by atoms with van der Waals surface area (Å²) in [6, 6.07) is -0.700. The standard InChI is InChI=1S/C9H14ClN3O2/c1-3-13-8(6(10)4-12-13)9(14)7(11)5-15-2/h4,7H,3,5,11H2,1-2H3. The fourth-order valence-electron chi connectivity index (χ4n) is 1.28. The first-order chi connectivity index (χ1) is 7.11. The molecule has 1 aromatic rings. The highest BCUT2D eigenvalue weighted by Gasteiger charge is 2.22. The van der Waals surface area contributed by atoms with E-state index in [-0.39, 0.29) is 12.4 Å². The predicted molar refractivity (Wildman–Crippen MR) is 57.1 cm³/mol. The highest BCUT2D eigenvalue weighted by molar-refractivity contribution is 6.33. The number of hydrogen-bond acceptors (Lipinski definition) is 4. The van der Waals surface area contributed by atoms with Crippen LogP contribution in [0.1, 0.15) is 17.4 Å². The Bertz CT molecular complexity index is 351. The molecular formula is C9H14ClN3O2. The minimum absolute atomic E-state index is 0.171. The maximum Gasteiger partial charge on any atom is 0.201 e. The Hall–Kier alpha value is -0.910. The highest BCUT2D eigenvalue weighted by Crippen LogP contribution is 2.16. The second-order valence-corrected chi connectivity index (χ2v) is 3.49. The molecule has 0 aliphatic carbocycles. The molecule has 0 fully saturated rings. The number of ether oxygens (including phenoxy) is 1. The number of nitrogens with zero attached hydrogens (tertiary/aromatic N) is 2. The Morgan fingerprint density at radius 2 is 2.47 bits per heavy atom. The third-order valence-electron chi connectivity index (χ3n) is 2.01. The lowest BCUT2D eigenvalue weighted by Gasteiger charge is -2.10. The maximum absolute atomic E-state index is 11.8. The molecule has 0 spiro atoms. The molecule has 0 aliphatic rings. The van der Waals surface area contributed by atoms with Gasteiger partial charge in [-0.05, 0) is 6.92 Å². The van der Waals surface area contributed by atoms with E-state index in [9.17, 15) is 4.79 Å². The van der Waals surface area contributed by atoms with E-state index in [2.05, 4.69) is 5.10 Å². The van der Waals surface area contributed by atoms with Gasteiger partial charge in [0.25, 0.3) is 0 Å². The third-order valence-corrected chi connectivity index (χ3v) is 2.29. The van der Waals surface area contributed by atoms with Crippen molar-refractivity contribution in [1.29, 1.82) is 0 Å². The minimum atomic E-state index is -0.700. The molecule has 0 saturated heterocycles. The van der Waals surface area contributed by atoms with Gasteiger partial charge in [0.2, 0.25) is 5.78 Å². The summed E-state index contributed by atoms with van der Waals surface area (Å²) in [6.07, 6.45) is 1.44. The monoisotopic (exact) mass is 231 g/mol. The summed E-state index contributed by atoms with van der Waals surface area (Å²) in [5.74, 6) is -0.249. The predicted octanol–water partition coefficient (Wildman–Crippen LogP) is 0.713. The molecule has 84 valence electrons. The van der Waals surface area contributed by atoms with Gasteiger partial charge in [-0.15, -0.1) is 0 Å². The Balaban J connectivity index is 2.94. The number of nitrogens with two attached hydrogens (primary N) is 1. The van der Waals surface area contributed by atoms with E-state index in [4.69, 9.17) is 22.1 Å². The topological polar surface area (TPSA) is 70.1 Å². The molecule has 5 nitrogen and oxygen atoms in total. The Labute approximate surface area is 93.1 Å². The summed E-state index contributed by atoms with van der Waals surface area (Å²) in [5, 5.41) is 4.29. The van der Waals surface area contributed by atoms with E-state index < -0.39 is 6.04 Å². The number of halogens is 1. The highest BCUT2D eigenvalue weighted by atomic mass is 35.5. The number of aromatic nitrogens is 2. The summed E-state index contributed by atoms with van der Waals surface area (Å²) in [4.78, 5) is 11.8. The first-order valence-corrected chi connectivity index (χ1v) is 4.99. The van der Waals surface area contributed by atoms with Gasteiger partial charge in [0.05, 0.1) is 23.9 Å². The van der Waals surface area contributed by atoms with Crippen LogP contribution in [-0.2, 0) is 11.3 Å². The van der Waals surface area contributed by atoms with E-state index >= 15 is 0 Å². The van der Waals surface area contributed by atoms with Crippen molar-refractivity contribution in [2.75, 3.05) is 13.7 Å². The lowest BCUT2D eigenvalue weighted by molar-refractivity contribution is 0.0882. The molecule has 1 aromatic heterocycles. The summed E-state index contributed by atoms with van der Waals surface area (Å²) in [5.41, 5.74) is 5.99. The average Bonchev–Trinajstić information content (AvgIpc) is 2.58. The minimum Gasteiger partial charge on any atom is -0.383 e. The summed E-state index contributed by atoms with van der Waals surface area (Å²) in [6.45, 7) is 2.62. The van der Waals surface area contributed by atoms with Crippen LogP contribution in [0.25, 0.3) is 0 Å². The van der Waals surface area contributed by atoms with Gasteiger partial charge >= 0.3 is 0 Å². The number of Topliss-reactive ketones (excluding diaryl/α,β-unsaturated/α-hetero) is 1. The number of ketones is 1. The van der Waals surface area contributed by atoms with Crippen LogP contribution >= 0.6 is 11.6 Å². The summed E-state index contributed by atoms with van der Waals surface area (Å²) < 4.78 is 6.35. The fraction of sp³-hybridized carbons (Fsp3) is 0.556. The molecule has 0 bridgehead atoms. The average molecular weight is 232 g/mol. The summed E-state index contributed by atoms with van der Waals surface area (Å²) >= 11 is 5.86. The lowest BCUT2D eigenvalue weighted by Crippen LogP contribution is -2.36. The first-order valence-electron chi connectivity index (χ1n) is 4.61. The van der Waals surface area contributed by atoms with Gasteiger partial charge in [-0.2, -0.15) is 5.10 Å². The van der Waals surface area contributed by atoms with E-state index in [1.54, 1.807) is 0 Å². The number of methoxy groups -OCH3 is 1. The quantitative estimate of drug-likeness (QED) is 0.758. The van der Waals surface area contributed by atoms with Gasteiger partial charge < -0.3 is 10.5 Å². The Morgan fingerprint density at radius 3 is 3.00 bits per heavy atom. The second kappa shape index (κ2) is 5.25. The van der Waals surface area contributed by atoms with Crippen molar-refractivity contribution in [3.8, 4) is 0 Å². The Kier molecular flexibility index (Phi) is 4.26. The summed E-state index contributed by atoms with van der Waals surface area (Å²) in [7, 11) is 1.49. The molecule has 0 saturated carbocycles. The third kappa shape index (κ3) is 2.56. The van der Waals surface area contributed by atoms with Gasteiger partial charge in [-0.1, -0.05) is 11.6 Å². The van der Waals surface area contributed by atoms with Crippen LogP contribution in [0.5, 0.6) is 0 Å². The molecule has 0 aromatic carbocycles. The molecular weight excluding hydrogens is 218 g/mol. The maximum atomic E-state index is 11.8. The molecule has 15 heavy (non-hydrogen) atoms. The lowest BCUT2D eigenvalue weighted by atomic mass is 10.1. The van der Waals surface area contributed by atoms with Crippen LogP contribution < -0.4 is 5.73 Å². The van der Waals surface area contributed by atoms with Gasteiger partial charge in [0, 0.05) is 13.7 Å². The molecule has 1 heterocycles. The Morgan fingerprint density at radius 1 is 1.80 bits per heavy atom. The molecule has 6 heteroatoms. The van der Waals surface area contributed by atoms with Gasteiger partial charge in [0.15, 0.2) is 0 Å². The molecule has 1 rings (SSSR count). The van der Waals surface area contributed by atoms with Gasteiger partial charge in [0.1, 0.15) is 5.69 Å². The van der Waals surface area contributed by atoms with Crippen molar-refractivity contribution in [3.63, 3.8) is 0 Å². The SMILES string of the molecule is CCn1ncc(Cl)c1C(=O)C(N)COC. The molecule has 0 aliphatic heterocycles. The first kappa shape index (κ1) is 12.2. The van der Waals surface area contributed by atoms with Crippen LogP contribution in [0.3, 0.4) is 0 Å². The zero-order valence-corrected chi connectivity index (χ0v) is 9.49. The van der Waals surface area contributed by atoms with Crippen molar-refractivity contribution in [2.45, 2.75) is 19.5 Å². The molecule has 0 amide bonds. The van der Waals surface area contributed by atoms with Crippen LogP contribution in [0.4, 0.5) is 0 Å². The number of rotatable bonds is 5. The molecule has 1 atom stereocenters. The molecule has 1 unspecified atom stereocenters. The van der Waals surface area contributed by atoms with Crippen LogP contribution in [-0.4, -0.2) is 35.3 Å². The van der Waals surface area contributed by atoms with Crippen molar-refractivity contribution in [2.24, 2.45) is 5.73 Å². The molecule has 0 radical (unpaired) electrons. The second-order valence-electron chi connectivity index (χ2n) is 3.08. The van der Waals surface area contributed by atoms with Crippen molar-refractivity contribution < 1.29 is 9.53 Å². The number of carbonyl (C=O) groups excluding carboxylic acids is 1. The van der Waals surface area contributed by atoms with Crippen LogP contribution in [0.2, 0.25) is 5.02 Å². The van der Waals surface area contributed by atoms with E-state index in [0.717, 1.165) is 0 Å². The smallest absolute Gasteiger partial charge is 0.201 e.